The molecule has 0 atom stereocenters. The van der Waals surface area contributed by atoms with Crippen LogP contribution in [0.4, 0.5) is 13.2 Å². The van der Waals surface area contributed by atoms with Crippen LogP contribution >= 0.6 is 12.2 Å². The normalized spacial score (nSPS) is 10.9. The molecule has 2 rings (SSSR count). The SMILES string of the molecule is O=C(Cc1cccc(C(F)(F)F)c1)NNC(=S)NCCCc1ccccc1. The molecule has 0 radical (unpaired) electrons. The fraction of sp³-hybridized carbons (Fsp3) is 0.263. The van der Waals surface area contributed by atoms with E-state index >= 15 is 0 Å². The average Bonchev–Trinajstić information content (AvgIpc) is 2.64. The quantitative estimate of drug-likeness (QED) is 0.399. The number of hydrazine groups is 1. The summed E-state index contributed by atoms with van der Waals surface area (Å²) < 4.78 is 38.0. The smallest absolute Gasteiger partial charge is 0.361 e. The number of carbonyl (C=O) groups is 1. The zero-order valence-electron chi connectivity index (χ0n) is 14.5. The van der Waals surface area contributed by atoms with Gasteiger partial charge in [-0.1, -0.05) is 48.5 Å². The molecule has 0 spiro atoms. The first-order valence-corrected chi connectivity index (χ1v) is 8.78. The summed E-state index contributed by atoms with van der Waals surface area (Å²) in [4.78, 5) is 11.9. The van der Waals surface area contributed by atoms with Crippen molar-refractivity contribution < 1.29 is 18.0 Å². The van der Waals surface area contributed by atoms with E-state index in [4.69, 9.17) is 12.2 Å². The molecule has 2 aromatic carbocycles. The standard InChI is InChI=1S/C19H20F3N3OS/c20-19(21,22)16-10-4-8-15(12-16)13-17(26)24-25-18(27)23-11-5-9-14-6-2-1-3-7-14/h1-4,6-8,10,12H,5,9,11,13H2,(H,24,26)(H2,23,25,27). The zero-order chi connectivity index (χ0) is 19.7. The Bertz CT molecular complexity index is 766. The van der Waals surface area contributed by atoms with Gasteiger partial charge >= 0.3 is 6.18 Å². The van der Waals surface area contributed by atoms with E-state index in [-0.39, 0.29) is 17.1 Å². The molecular weight excluding hydrogens is 375 g/mol. The highest BCUT2D eigenvalue weighted by Crippen LogP contribution is 2.29. The van der Waals surface area contributed by atoms with Crippen molar-refractivity contribution in [3.63, 3.8) is 0 Å². The molecule has 0 saturated carbocycles. The molecule has 144 valence electrons. The number of benzene rings is 2. The van der Waals surface area contributed by atoms with Crippen molar-refractivity contribution in [1.29, 1.82) is 0 Å². The number of hydrogen-bond donors (Lipinski definition) is 3. The third kappa shape index (κ3) is 7.65. The Hall–Kier alpha value is -2.61. The van der Waals surface area contributed by atoms with Gasteiger partial charge < -0.3 is 5.32 Å². The number of hydrogen-bond acceptors (Lipinski definition) is 2. The van der Waals surface area contributed by atoms with Crippen molar-refractivity contribution in [2.75, 3.05) is 6.54 Å². The highest BCUT2D eigenvalue weighted by molar-refractivity contribution is 7.80. The number of aryl methyl sites for hydroxylation is 1. The Morgan fingerprint density at radius 1 is 0.963 bits per heavy atom. The summed E-state index contributed by atoms with van der Waals surface area (Å²) in [5.41, 5.74) is 5.64. The minimum Gasteiger partial charge on any atom is -0.361 e. The number of nitrogens with one attached hydrogen (secondary N) is 3. The van der Waals surface area contributed by atoms with E-state index in [9.17, 15) is 18.0 Å². The summed E-state index contributed by atoms with van der Waals surface area (Å²) in [6.07, 6.45) is -2.86. The average molecular weight is 395 g/mol. The first kappa shape index (κ1) is 20.7. The monoisotopic (exact) mass is 395 g/mol. The van der Waals surface area contributed by atoms with Crippen LogP contribution < -0.4 is 16.2 Å². The fourth-order valence-corrected chi connectivity index (χ4v) is 2.55. The van der Waals surface area contributed by atoms with E-state index in [1.165, 1.54) is 17.7 Å². The molecule has 0 bridgehead atoms. The van der Waals surface area contributed by atoms with Crippen molar-refractivity contribution in [1.82, 2.24) is 16.2 Å². The number of halogens is 3. The number of carbonyl (C=O) groups excluding carboxylic acids is 1. The molecular formula is C19H20F3N3OS. The summed E-state index contributed by atoms with van der Waals surface area (Å²) in [7, 11) is 0. The predicted molar refractivity (Wildman–Crippen MR) is 102 cm³/mol. The molecule has 0 saturated heterocycles. The van der Waals surface area contributed by atoms with Gasteiger partial charge in [-0.05, 0) is 42.3 Å². The molecule has 1 amide bonds. The van der Waals surface area contributed by atoms with Gasteiger partial charge in [-0.25, -0.2) is 0 Å². The Balaban J connectivity index is 1.67. The number of thiocarbonyl (C=S) groups is 1. The Morgan fingerprint density at radius 3 is 2.37 bits per heavy atom. The Kier molecular flexibility index (Phi) is 7.60. The van der Waals surface area contributed by atoms with Crippen molar-refractivity contribution in [2.45, 2.75) is 25.4 Å². The lowest BCUT2D eigenvalue weighted by molar-refractivity contribution is -0.137. The van der Waals surface area contributed by atoms with E-state index in [0.717, 1.165) is 25.0 Å². The van der Waals surface area contributed by atoms with Gasteiger partial charge in [-0.2, -0.15) is 13.2 Å². The number of alkyl halides is 3. The van der Waals surface area contributed by atoms with Gasteiger partial charge in [0.25, 0.3) is 0 Å². The predicted octanol–water partition coefficient (Wildman–Crippen LogP) is 3.38. The van der Waals surface area contributed by atoms with Crippen molar-refractivity contribution in [3.8, 4) is 0 Å². The molecule has 0 unspecified atom stereocenters. The molecule has 0 aliphatic rings. The van der Waals surface area contributed by atoms with E-state index in [1.807, 2.05) is 30.3 Å². The molecule has 0 aromatic heterocycles. The Labute approximate surface area is 161 Å². The zero-order valence-corrected chi connectivity index (χ0v) is 15.3. The Morgan fingerprint density at radius 2 is 1.67 bits per heavy atom. The van der Waals surface area contributed by atoms with Gasteiger partial charge in [0, 0.05) is 6.54 Å². The summed E-state index contributed by atoms with van der Waals surface area (Å²) in [5.74, 6) is -0.484. The van der Waals surface area contributed by atoms with Gasteiger partial charge in [-0.3, -0.25) is 15.6 Å². The minimum absolute atomic E-state index is 0.187. The van der Waals surface area contributed by atoms with E-state index in [0.29, 0.717) is 6.54 Å². The van der Waals surface area contributed by atoms with Gasteiger partial charge in [0.05, 0.1) is 12.0 Å². The molecule has 27 heavy (non-hydrogen) atoms. The van der Waals surface area contributed by atoms with Gasteiger partial charge in [0.1, 0.15) is 0 Å². The lowest BCUT2D eigenvalue weighted by Gasteiger charge is -2.12. The van der Waals surface area contributed by atoms with Crippen LogP contribution in [0.5, 0.6) is 0 Å². The summed E-state index contributed by atoms with van der Waals surface area (Å²) in [6.45, 7) is 0.629. The first-order valence-electron chi connectivity index (χ1n) is 8.37. The molecule has 0 aliphatic heterocycles. The molecule has 0 heterocycles. The van der Waals surface area contributed by atoms with Gasteiger partial charge in [0.2, 0.25) is 5.91 Å². The topological polar surface area (TPSA) is 53.2 Å². The summed E-state index contributed by atoms with van der Waals surface area (Å²) in [6, 6.07) is 14.7. The van der Waals surface area contributed by atoms with Crippen LogP contribution in [0.1, 0.15) is 23.1 Å². The van der Waals surface area contributed by atoms with Crippen molar-refractivity contribution in [2.24, 2.45) is 0 Å². The van der Waals surface area contributed by atoms with Crippen LogP contribution in [0.15, 0.2) is 54.6 Å². The number of amides is 1. The van der Waals surface area contributed by atoms with Crippen LogP contribution in [0, 0.1) is 0 Å². The number of rotatable bonds is 6. The third-order valence-electron chi connectivity index (χ3n) is 3.71. The van der Waals surface area contributed by atoms with Crippen molar-refractivity contribution in [3.05, 3.63) is 71.3 Å². The molecule has 3 N–H and O–H groups in total. The molecule has 0 aliphatic carbocycles. The largest absolute Gasteiger partial charge is 0.416 e. The van der Waals surface area contributed by atoms with E-state index in [1.54, 1.807) is 0 Å². The lowest BCUT2D eigenvalue weighted by Crippen LogP contribution is -2.47. The lowest BCUT2D eigenvalue weighted by atomic mass is 10.1. The maximum absolute atomic E-state index is 12.7. The summed E-state index contributed by atoms with van der Waals surface area (Å²) in [5, 5.41) is 3.21. The van der Waals surface area contributed by atoms with Crippen LogP contribution in [0.25, 0.3) is 0 Å². The highest BCUT2D eigenvalue weighted by Gasteiger charge is 2.30. The second-order valence-corrected chi connectivity index (χ2v) is 6.30. The van der Waals surface area contributed by atoms with Crippen LogP contribution in [-0.2, 0) is 23.8 Å². The second kappa shape index (κ2) is 9.91. The minimum atomic E-state index is -4.43. The molecule has 4 nitrogen and oxygen atoms in total. The highest BCUT2D eigenvalue weighted by atomic mass is 32.1. The van der Waals surface area contributed by atoms with Crippen LogP contribution in [-0.4, -0.2) is 17.6 Å². The maximum atomic E-state index is 12.7. The van der Waals surface area contributed by atoms with E-state index in [2.05, 4.69) is 16.2 Å². The van der Waals surface area contributed by atoms with Gasteiger partial charge in [0.15, 0.2) is 5.11 Å². The first-order chi connectivity index (χ1) is 12.8. The van der Waals surface area contributed by atoms with Crippen molar-refractivity contribution >= 4 is 23.2 Å². The molecule has 2 aromatic rings. The maximum Gasteiger partial charge on any atom is 0.416 e. The van der Waals surface area contributed by atoms with Crippen LogP contribution in [0.3, 0.4) is 0 Å². The van der Waals surface area contributed by atoms with E-state index < -0.39 is 17.6 Å². The van der Waals surface area contributed by atoms with Gasteiger partial charge in [-0.15, -0.1) is 0 Å². The fourth-order valence-electron chi connectivity index (χ4n) is 2.40. The third-order valence-corrected chi connectivity index (χ3v) is 3.95. The molecule has 8 heteroatoms. The summed E-state index contributed by atoms with van der Waals surface area (Å²) >= 11 is 5.05. The van der Waals surface area contributed by atoms with Crippen LogP contribution in [0.2, 0.25) is 0 Å². The second-order valence-electron chi connectivity index (χ2n) is 5.89. The molecule has 0 fully saturated rings.